The van der Waals surface area contributed by atoms with Crippen LogP contribution < -0.4 is 10.4 Å². The molecule has 0 aliphatic heterocycles. The molecule has 0 radical (unpaired) electrons. The van der Waals surface area contributed by atoms with E-state index in [0.717, 1.165) is 23.8 Å². The van der Waals surface area contributed by atoms with Crippen LogP contribution in [0.3, 0.4) is 0 Å². The molecular formula is C25H32O7. The van der Waals surface area contributed by atoms with Crippen molar-refractivity contribution in [1.82, 2.24) is 0 Å². The second kappa shape index (κ2) is 11.5. The molecule has 7 nitrogen and oxygen atoms in total. The smallest absolute Gasteiger partial charge is 0.489 e. The van der Waals surface area contributed by atoms with Gasteiger partial charge in [0.1, 0.15) is 24.0 Å². The number of ether oxygens (including phenoxy) is 2. The van der Waals surface area contributed by atoms with E-state index in [1.165, 1.54) is 11.6 Å². The number of fused-ring (bicyclic) bond motifs is 1. The number of aliphatic hydroxyl groups is 1. The summed E-state index contributed by atoms with van der Waals surface area (Å²) in [5.41, 5.74) is 1.18. The third kappa shape index (κ3) is 8.59. The first kappa shape index (κ1) is 25.2. The van der Waals surface area contributed by atoms with Crippen molar-refractivity contribution in [2.45, 2.75) is 65.1 Å². The molecule has 2 rings (SSSR count). The highest BCUT2D eigenvalue weighted by Gasteiger charge is 2.30. The van der Waals surface area contributed by atoms with Gasteiger partial charge in [-0.3, -0.25) is 0 Å². The van der Waals surface area contributed by atoms with Crippen molar-refractivity contribution >= 4 is 17.1 Å². The van der Waals surface area contributed by atoms with Crippen LogP contribution in [0.15, 0.2) is 62.8 Å². The molecule has 0 saturated carbocycles. The molecule has 32 heavy (non-hydrogen) atoms. The first-order chi connectivity index (χ1) is 15.0. The largest absolute Gasteiger partial charge is 0.506 e. The summed E-state index contributed by atoms with van der Waals surface area (Å²) in [6.45, 7) is 7.53. The van der Waals surface area contributed by atoms with E-state index in [9.17, 15) is 14.7 Å². The fraction of sp³-hybridized carbons (Fsp3) is 0.440. The molecule has 0 saturated heterocycles. The fourth-order valence-electron chi connectivity index (χ4n) is 3.20. The summed E-state index contributed by atoms with van der Waals surface area (Å²) >= 11 is 0. The molecule has 1 heterocycles. The summed E-state index contributed by atoms with van der Waals surface area (Å²) < 4.78 is 15.7. The molecule has 0 amide bonds. The Bertz CT molecular complexity index is 1020. The third-order valence-electron chi connectivity index (χ3n) is 5.14. The highest BCUT2D eigenvalue weighted by atomic mass is 16.7. The Morgan fingerprint density at radius 2 is 1.81 bits per heavy atom. The van der Waals surface area contributed by atoms with E-state index in [1.54, 1.807) is 26.0 Å². The molecule has 0 aliphatic carbocycles. The van der Waals surface area contributed by atoms with E-state index in [-0.39, 0.29) is 0 Å². The zero-order valence-electron chi connectivity index (χ0n) is 19.1. The Balaban J connectivity index is 1.78. The first-order valence-electron chi connectivity index (χ1n) is 10.6. The van der Waals surface area contributed by atoms with Crippen molar-refractivity contribution in [1.29, 1.82) is 0 Å². The molecule has 1 unspecified atom stereocenters. The van der Waals surface area contributed by atoms with Crippen molar-refractivity contribution < 1.29 is 28.9 Å². The average Bonchev–Trinajstić information content (AvgIpc) is 2.69. The van der Waals surface area contributed by atoms with Gasteiger partial charge < -0.3 is 24.1 Å². The first-order valence-corrected chi connectivity index (χ1v) is 10.6. The van der Waals surface area contributed by atoms with Crippen LogP contribution >= 0.6 is 0 Å². The molecule has 1 aromatic heterocycles. The zero-order chi connectivity index (χ0) is 23.7. The predicted octanol–water partition coefficient (Wildman–Crippen LogP) is 5.46. The number of rotatable bonds is 11. The van der Waals surface area contributed by atoms with Crippen LogP contribution in [0.4, 0.5) is 4.79 Å². The van der Waals surface area contributed by atoms with Gasteiger partial charge in [-0.1, -0.05) is 17.2 Å². The number of hydrogen-bond donors (Lipinski definition) is 2. The van der Waals surface area contributed by atoms with Gasteiger partial charge in [0.25, 0.3) is 0 Å². The standard InChI is InChI=1S/C25H32O7/c1-17(8-12-22(25(3,4)29)32-24(27)28)6-5-7-18(2)14-15-30-20-11-9-19-10-13-23(26)31-21(19)16-20/h6,9-11,13-14,16,22,29H,5,7-8,12,15H2,1-4H3,(H,27,28). The van der Waals surface area contributed by atoms with Gasteiger partial charge in [0, 0.05) is 17.5 Å². The van der Waals surface area contributed by atoms with Crippen LogP contribution in [0.5, 0.6) is 5.75 Å². The van der Waals surface area contributed by atoms with E-state index >= 15 is 0 Å². The minimum absolute atomic E-state index is 0.390. The van der Waals surface area contributed by atoms with E-state index in [4.69, 9.17) is 19.0 Å². The predicted molar refractivity (Wildman–Crippen MR) is 123 cm³/mol. The second-order valence-electron chi connectivity index (χ2n) is 8.47. The topological polar surface area (TPSA) is 106 Å². The van der Waals surface area contributed by atoms with Gasteiger partial charge in [0.2, 0.25) is 0 Å². The lowest BCUT2D eigenvalue weighted by atomic mass is 9.95. The Labute approximate surface area is 188 Å². The van der Waals surface area contributed by atoms with Crippen molar-refractivity contribution in [3.63, 3.8) is 0 Å². The van der Waals surface area contributed by atoms with Crippen molar-refractivity contribution in [2.24, 2.45) is 0 Å². The van der Waals surface area contributed by atoms with E-state index in [0.29, 0.717) is 30.8 Å². The molecule has 0 bridgehead atoms. The van der Waals surface area contributed by atoms with Gasteiger partial charge in [0.05, 0.1) is 5.60 Å². The van der Waals surface area contributed by atoms with E-state index < -0.39 is 23.5 Å². The zero-order valence-corrected chi connectivity index (χ0v) is 19.1. The van der Waals surface area contributed by atoms with Gasteiger partial charge >= 0.3 is 11.8 Å². The van der Waals surface area contributed by atoms with Gasteiger partial charge in [-0.2, -0.15) is 0 Å². The molecule has 2 N–H and O–H groups in total. The minimum Gasteiger partial charge on any atom is -0.489 e. The number of carbonyl (C=O) groups is 1. The monoisotopic (exact) mass is 444 g/mol. The average molecular weight is 445 g/mol. The lowest BCUT2D eigenvalue weighted by Crippen LogP contribution is -2.39. The molecule has 1 atom stereocenters. The summed E-state index contributed by atoms with van der Waals surface area (Å²) in [5.74, 6) is 0.636. The summed E-state index contributed by atoms with van der Waals surface area (Å²) in [6.07, 6.45) is 4.76. The summed E-state index contributed by atoms with van der Waals surface area (Å²) in [5, 5.41) is 19.7. The summed E-state index contributed by atoms with van der Waals surface area (Å²) in [6, 6.07) is 8.50. The van der Waals surface area contributed by atoms with Gasteiger partial charge in [-0.25, -0.2) is 9.59 Å². The third-order valence-corrected chi connectivity index (χ3v) is 5.14. The Morgan fingerprint density at radius 3 is 2.50 bits per heavy atom. The van der Waals surface area contributed by atoms with Gasteiger partial charge in [-0.05, 0) is 77.7 Å². The number of benzene rings is 1. The Kier molecular flexibility index (Phi) is 9.08. The number of hydrogen-bond acceptors (Lipinski definition) is 6. The normalized spacial score (nSPS) is 13.8. The maximum atomic E-state index is 11.3. The minimum atomic E-state index is -1.38. The lowest BCUT2D eigenvalue weighted by Gasteiger charge is -2.27. The molecule has 174 valence electrons. The lowest BCUT2D eigenvalue weighted by molar-refractivity contribution is -0.0712. The van der Waals surface area contributed by atoms with Crippen LogP contribution in [-0.4, -0.2) is 34.7 Å². The molecule has 0 spiro atoms. The molecule has 0 fully saturated rings. The van der Waals surface area contributed by atoms with Crippen molar-refractivity contribution in [3.05, 3.63) is 64.1 Å². The van der Waals surface area contributed by atoms with Crippen molar-refractivity contribution in [2.75, 3.05) is 6.61 Å². The molecule has 7 heteroatoms. The number of carboxylic acid groups (broad SMARTS) is 1. The van der Waals surface area contributed by atoms with Crippen LogP contribution in [0.25, 0.3) is 11.0 Å². The molecular weight excluding hydrogens is 412 g/mol. The number of allylic oxidation sites excluding steroid dienone is 3. The van der Waals surface area contributed by atoms with Crippen LogP contribution in [-0.2, 0) is 4.74 Å². The quantitative estimate of drug-likeness (QED) is 0.269. The fourth-order valence-corrected chi connectivity index (χ4v) is 3.20. The molecule has 0 aliphatic rings. The second-order valence-corrected chi connectivity index (χ2v) is 8.47. The highest BCUT2D eigenvalue weighted by molar-refractivity contribution is 5.77. The van der Waals surface area contributed by atoms with Crippen LogP contribution in [0, 0.1) is 0 Å². The SMILES string of the molecule is CC(=CCOc1ccc2ccc(=O)oc2c1)CCC=C(C)CCC(OC(=O)O)C(C)(C)O. The van der Waals surface area contributed by atoms with E-state index in [2.05, 4.69) is 6.08 Å². The Hall–Kier alpha value is -3.06. The Morgan fingerprint density at radius 1 is 1.12 bits per heavy atom. The van der Waals surface area contributed by atoms with Crippen molar-refractivity contribution in [3.8, 4) is 5.75 Å². The van der Waals surface area contributed by atoms with Crippen LogP contribution in [0.2, 0.25) is 0 Å². The summed E-state index contributed by atoms with van der Waals surface area (Å²) in [4.78, 5) is 22.2. The summed E-state index contributed by atoms with van der Waals surface area (Å²) in [7, 11) is 0. The molecule has 2 aromatic rings. The maximum Gasteiger partial charge on any atom is 0.506 e. The van der Waals surface area contributed by atoms with Crippen LogP contribution in [0.1, 0.15) is 53.4 Å². The maximum absolute atomic E-state index is 11.3. The van der Waals surface area contributed by atoms with Gasteiger partial charge in [0.15, 0.2) is 0 Å². The molecule has 1 aromatic carbocycles. The van der Waals surface area contributed by atoms with E-state index in [1.807, 2.05) is 32.1 Å². The highest BCUT2D eigenvalue weighted by Crippen LogP contribution is 2.22. The van der Waals surface area contributed by atoms with Gasteiger partial charge in [-0.15, -0.1) is 0 Å².